The molecule has 0 saturated carbocycles. The van der Waals surface area contributed by atoms with Crippen molar-refractivity contribution in [2.24, 2.45) is 0 Å². The van der Waals surface area contributed by atoms with E-state index in [0.29, 0.717) is 25.8 Å². The Morgan fingerprint density at radius 1 is 0.893 bits per heavy atom. The Hall–Kier alpha value is -2.62. The zero-order valence-corrected chi connectivity index (χ0v) is 17.3. The largest absolute Gasteiger partial charge is 0.357 e. The van der Waals surface area contributed by atoms with Gasteiger partial charge in [-0.15, -0.1) is 0 Å². The molecule has 0 heterocycles. The Labute approximate surface area is 169 Å². The SMILES string of the molecule is CCc1ccc(CCC(=O)N(CCc2ccccc2)C(CC)C(=O)NC)cc1. The average Bonchev–Trinajstić information content (AvgIpc) is 2.75. The molecule has 0 fully saturated rings. The van der Waals surface area contributed by atoms with Crippen molar-refractivity contribution in [3.05, 3.63) is 71.3 Å². The van der Waals surface area contributed by atoms with E-state index >= 15 is 0 Å². The molecular formula is C24H32N2O2. The molecule has 1 unspecified atom stereocenters. The molecular weight excluding hydrogens is 348 g/mol. The summed E-state index contributed by atoms with van der Waals surface area (Å²) < 4.78 is 0. The van der Waals surface area contributed by atoms with Crippen LogP contribution in [0.5, 0.6) is 0 Å². The van der Waals surface area contributed by atoms with Gasteiger partial charge < -0.3 is 10.2 Å². The second kappa shape index (κ2) is 11.3. The van der Waals surface area contributed by atoms with Crippen LogP contribution in [0.3, 0.4) is 0 Å². The molecule has 2 rings (SSSR count). The van der Waals surface area contributed by atoms with Crippen LogP contribution in [-0.2, 0) is 28.9 Å². The summed E-state index contributed by atoms with van der Waals surface area (Å²) in [5.41, 5.74) is 3.62. The molecule has 1 N–H and O–H groups in total. The van der Waals surface area contributed by atoms with E-state index < -0.39 is 6.04 Å². The minimum absolute atomic E-state index is 0.0333. The third-order valence-electron chi connectivity index (χ3n) is 5.18. The molecule has 0 aliphatic carbocycles. The molecule has 28 heavy (non-hydrogen) atoms. The first kappa shape index (κ1) is 21.7. The van der Waals surface area contributed by atoms with Gasteiger partial charge in [0, 0.05) is 20.0 Å². The fourth-order valence-corrected chi connectivity index (χ4v) is 3.40. The number of amides is 2. The van der Waals surface area contributed by atoms with Gasteiger partial charge in [0.15, 0.2) is 0 Å². The molecule has 0 radical (unpaired) electrons. The number of hydrogen-bond acceptors (Lipinski definition) is 2. The Kier molecular flexibility index (Phi) is 8.73. The van der Waals surface area contributed by atoms with Gasteiger partial charge >= 0.3 is 0 Å². The van der Waals surface area contributed by atoms with Crippen molar-refractivity contribution in [2.75, 3.05) is 13.6 Å². The fraction of sp³-hybridized carbons (Fsp3) is 0.417. The number of nitrogens with zero attached hydrogens (tertiary/aromatic N) is 1. The van der Waals surface area contributed by atoms with Crippen LogP contribution in [0.4, 0.5) is 0 Å². The van der Waals surface area contributed by atoms with Gasteiger partial charge in [-0.1, -0.05) is 68.4 Å². The molecule has 0 aliphatic heterocycles. The molecule has 2 aromatic carbocycles. The number of carbonyl (C=O) groups excluding carboxylic acids is 2. The van der Waals surface area contributed by atoms with Gasteiger partial charge in [-0.05, 0) is 42.4 Å². The number of aryl methyl sites for hydroxylation is 2. The molecule has 2 amide bonds. The normalized spacial score (nSPS) is 11.7. The third-order valence-corrected chi connectivity index (χ3v) is 5.18. The fourth-order valence-electron chi connectivity index (χ4n) is 3.40. The predicted molar refractivity (Wildman–Crippen MR) is 114 cm³/mol. The van der Waals surface area contributed by atoms with Crippen molar-refractivity contribution >= 4 is 11.8 Å². The molecule has 0 saturated heterocycles. The summed E-state index contributed by atoms with van der Waals surface area (Å²) in [5.74, 6) is -0.0674. The highest BCUT2D eigenvalue weighted by molar-refractivity contribution is 5.87. The summed E-state index contributed by atoms with van der Waals surface area (Å²) >= 11 is 0. The van der Waals surface area contributed by atoms with E-state index in [1.165, 1.54) is 11.1 Å². The van der Waals surface area contributed by atoms with Gasteiger partial charge in [0.05, 0.1) is 0 Å². The van der Waals surface area contributed by atoms with Crippen LogP contribution < -0.4 is 5.32 Å². The van der Waals surface area contributed by atoms with Crippen LogP contribution in [0.25, 0.3) is 0 Å². The van der Waals surface area contributed by atoms with Crippen LogP contribution in [0.2, 0.25) is 0 Å². The lowest BCUT2D eigenvalue weighted by Gasteiger charge is -2.30. The maximum absolute atomic E-state index is 13.0. The Morgan fingerprint density at radius 2 is 1.50 bits per heavy atom. The summed E-state index contributed by atoms with van der Waals surface area (Å²) in [6.07, 6.45) is 3.45. The molecule has 2 aromatic rings. The quantitative estimate of drug-likeness (QED) is 0.682. The molecule has 150 valence electrons. The van der Waals surface area contributed by atoms with E-state index in [4.69, 9.17) is 0 Å². The van der Waals surface area contributed by atoms with Crippen molar-refractivity contribution in [1.29, 1.82) is 0 Å². The molecule has 0 aromatic heterocycles. The highest BCUT2D eigenvalue weighted by Crippen LogP contribution is 2.13. The van der Waals surface area contributed by atoms with Gasteiger partial charge in [0.2, 0.25) is 11.8 Å². The number of nitrogens with one attached hydrogen (secondary N) is 1. The highest BCUT2D eigenvalue weighted by atomic mass is 16.2. The highest BCUT2D eigenvalue weighted by Gasteiger charge is 2.27. The maximum atomic E-state index is 13.0. The molecule has 4 nitrogen and oxygen atoms in total. The first-order valence-corrected chi connectivity index (χ1v) is 10.2. The van der Waals surface area contributed by atoms with Crippen LogP contribution in [0, 0.1) is 0 Å². The second-order valence-corrected chi connectivity index (χ2v) is 7.03. The van der Waals surface area contributed by atoms with E-state index in [1.807, 2.05) is 25.1 Å². The molecule has 4 heteroatoms. The number of carbonyl (C=O) groups is 2. The Balaban J connectivity index is 2.06. The zero-order chi connectivity index (χ0) is 20.4. The van der Waals surface area contributed by atoms with Crippen molar-refractivity contribution in [3.63, 3.8) is 0 Å². The van der Waals surface area contributed by atoms with Crippen LogP contribution in [-0.4, -0.2) is 36.3 Å². The topological polar surface area (TPSA) is 49.4 Å². The lowest BCUT2D eigenvalue weighted by molar-refractivity contribution is -0.140. The summed E-state index contributed by atoms with van der Waals surface area (Å²) in [6.45, 7) is 4.63. The van der Waals surface area contributed by atoms with Gasteiger partial charge in [0.25, 0.3) is 0 Å². The van der Waals surface area contributed by atoms with Crippen molar-refractivity contribution in [3.8, 4) is 0 Å². The van der Waals surface area contributed by atoms with Gasteiger partial charge in [-0.2, -0.15) is 0 Å². The van der Waals surface area contributed by atoms with Crippen LogP contribution in [0.1, 0.15) is 43.4 Å². The summed E-state index contributed by atoms with van der Waals surface area (Å²) in [6, 6.07) is 18.1. The van der Waals surface area contributed by atoms with Gasteiger partial charge in [0.1, 0.15) is 6.04 Å². The molecule has 1 atom stereocenters. The minimum Gasteiger partial charge on any atom is -0.357 e. The monoisotopic (exact) mass is 380 g/mol. The van der Waals surface area contributed by atoms with Crippen molar-refractivity contribution in [1.82, 2.24) is 10.2 Å². The number of rotatable bonds is 10. The molecule has 0 aliphatic rings. The van der Waals surface area contributed by atoms with Crippen molar-refractivity contribution in [2.45, 2.75) is 52.0 Å². The lowest BCUT2D eigenvalue weighted by atomic mass is 10.0. The standard InChI is InChI=1S/C24H32N2O2/c1-4-19-11-13-21(14-12-19)15-16-23(27)26(22(5-2)24(28)25-3)18-17-20-9-7-6-8-10-20/h6-14,22H,4-5,15-18H2,1-3H3,(H,25,28). The van der Waals surface area contributed by atoms with E-state index in [9.17, 15) is 9.59 Å². The minimum atomic E-state index is -0.427. The Bertz CT molecular complexity index is 741. The summed E-state index contributed by atoms with van der Waals surface area (Å²) in [4.78, 5) is 27.1. The van der Waals surface area contributed by atoms with E-state index in [1.54, 1.807) is 11.9 Å². The van der Waals surface area contributed by atoms with E-state index in [0.717, 1.165) is 18.4 Å². The van der Waals surface area contributed by atoms with Gasteiger partial charge in [-0.25, -0.2) is 0 Å². The maximum Gasteiger partial charge on any atom is 0.242 e. The summed E-state index contributed by atoms with van der Waals surface area (Å²) in [5, 5.41) is 2.70. The number of likely N-dealkylation sites (N-methyl/N-ethyl adjacent to an activating group) is 1. The van der Waals surface area contributed by atoms with Crippen LogP contribution in [0.15, 0.2) is 54.6 Å². The molecule has 0 bridgehead atoms. The number of hydrogen-bond donors (Lipinski definition) is 1. The van der Waals surface area contributed by atoms with Crippen LogP contribution >= 0.6 is 0 Å². The predicted octanol–water partition coefficient (Wildman–Crippen LogP) is 3.78. The van der Waals surface area contributed by atoms with Gasteiger partial charge in [-0.3, -0.25) is 9.59 Å². The average molecular weight is 381 g/mol. The number of benzene rings is 2. The third kappa shape index (κ3) is 6.22. The zero-order valence-electron chi connectivity index (χ0n) is 17.3. The first-order chi connectivity index (χ1) is 13.6. The lowest BCUT2D eigenvalue weighted by Crippen LogP contribution is -2.49. The smallest absolute Gasteiger partial charge is 0.242 e. The Morgan fingerprint density at radius 3 is 2.07 bits per heavy atom. The first-order valence-electron chi connectivity index (χ1n) is 10.2. The van der Waals surface area contributed by atoms with E-state index in [2.05, 4.69) is 48.6 Å². The summed E-state index contributed by atoms with van der Waals surface area (Å²) in [7, 11) is 1.63. The second-order valence-electron chi connectivity index (χ2n) is 7.03. The molecule has 0 spiro atoms. The van der Waals surface area contributed by atoms with Crippen molar-refractivity contribution < 1.29 is 9.59 Å². The van der Waals surface area contributed by atoms with E-state index in [-0.39, 0.29) is 11.8 Å².